The monoisotopic (exact) mass is 609 g/mol. The van der Waals surface area contributed by atoms with Crippen LogP contribution in [0.4, 0.5) is 5.69 Å². The average Bonchev–Trinajstić information content (AvgIpc) is 2.91. The van der Waals surface area contributed by atoms with Gasteiger partial charge in [0.1, 0.15) is 5.78 Å². The van der Waals surface area contributed by atoms with E-state index in [2.05, 4.69) is 28.5 Å². The minimum atomic E-state index is -3.56. The summed E-state index contributed by atoms with van der Waals surface area (Å²) in [6, 6.07) is 20.4. The van der Waals surface area contributed by atoms with Gasteiger partial charge in [-0.3, -0.25) is 9.59 Å². The zero-order valence-corrected chi connectivity index (χ0v) is 26.0. The van der Waals surface area contributed by atoms with Crippen molar-refractivity contribution in [3.05, 3.63) is 66.7 Å². The lowest BCUT2D eigenvalue weighted by atomic mass is 10.1. The largest absolute Gasteiger partial charge is 0.377 e. The van der Waals surface area contributed by atoms with Gasteiger partial charge in [0.25, 0.3) is 0 Å². The summed E-state index contributed by atoms with van der Waals surface area (Å²) < 4.78 is 26.4. The number of benzene rings is 3. The minimum Gasteiger partial charge on any atom is -0.377 e. The van der Waals surface area contributed by atoms with E-state index in [0.29, 0.717) is 10.3 Å². The van der Waals surface area contributed by atoms with Gasteiger partial charge in [-0.15, -0.1) is 29.6 Å². The van der Waals surface area contributed by atoms with Gasteiger partial charge in [0, 0.05) is 48.4 Å². The predicted octanol–water partition coefficient (Wildman–Crippen LogP) is 4.81. The molecular formula is C28H41N3O4P2S2. The number of hydrogen-bond acceptors (Lipinski definition) is 7. The molecule has 11 heteroatoms. The standard InChI is InChI=1S/C27H33N3O4S2.CH4.H4P2/c1-28-19-20(31)18-25(35-21-10-5-4-6-11-21)27(32)29-16-9-17-36(33,34)26-15-8-12-22-23(26)13-7-14-24(22)30(2)3;;1-2/h4-8,10-15,25,28H,9,16-19H2,1-3H3,(H,29,32);1H4;1-2H2. The summed E-state index contributed by atoms with van der Waals surface area (Å²) in [5.74, 6) is -0.420. The number of nitrogens with zero attached hydrogens (tertiary/aromatic N) is 1. The van der Waals surface area contributed by atoms with E-state index in [9.17, 15) is 18.0 Å². The molecule has 3 aromatic rings. The van der Waals surface area contributed by atoms with Crippen molar-refractivity contribution in [1.82, 2.24) is 10.6 Å². The van der Waals surface area contributed by atoms with Crippen LogP contribution in [-0.2, 0) is 19.4 Å². The summed E-state index contributed by atoms with van der Waals surface area (Å²) in [4.78, 5) is 28.2. The van der Waals surface area contributed by atoms with Crippen molar-refractivity contribution in [2.24, 2.45) is 0 Å². The molecule has 0 heterocycles. The van der Waals surface area contributed by atoms with E-state index >= 15 is 0 Å². The van der Waals surface area contributed by atoms with Gasteiger partial charge in [-0.05, 0) is 37.7 Å². The van der Waals surface area contributed by atoms with Gasteiger partial charge in [0.2, 0.25) is 5.91 Å². The summed E-state index contributed by atoms with van der Waals surface area (Å²) in [6.07, 6.45) is 0.361. The zero-order valence-electron chi connectivity index (χ0n) is 22.0. The summed E-state index contributed by atoms with van der Waals surface area (Å²) in [5.41, 5.74) is 0.951. The molecule has 0 aliphatic rings. The topological polar surface area (TPSA) is 95.6 Å². The number of anilines is 1. The van der Waals surface area contributed by atoms with Crippen LogP contribution in [0.25, 0.3) is 10.8 Å². The van der Waals surface area contributed by atoms with E-state index in [0.717, 1.165) is 16.0 Å². The van der Waals surface area contributed by atoms with E-state index in [1.54, 1.807) is 19.2 Å². The molecule has 0 radical (unpaired) electrons. The first-order valence-electron chi connectivity index (χ1n) is 12.1. The fraction of sp³-hybridized carbons (Fsp3) is 0.357. The number of likely N-dealkylation sites (N-methyl/N-ethyl adjacent to an activating group) is 1. The van der Waals surface area contributed by atoms with Crippen molar-refractivity contribution in [3.63, 3.8) is 0 Å². The number of hydrogen-bond donors (Lipinski definition) is 2. The first-order valence-corrected chi connectivity index (χ1v) is 17.3. The molecular weight excluding hydrogens is 568 g/mol. The van der Waals surface area contributed by atoms with Crippen molar-refractivity contribution in [2.45, 2.75) is 35.3 Å². The van der Waals surface area contributed by atoms with Gasteiger partial charge in [-0.2, -0.15) is 0 Å². The number of fused-ring (bicyclic) bond motifs is 1. The Bertz CT molecular complexity index is 1310. The quantitative estimate of drug-likeness (QED) is 0.163. The molecule has 0 saturated heterocycles. The summed E-state index contributed by atoms with van der Waals surface area (Å²) in [6.45, 7) is 0.399. The fourth-order valence-electron chi connectivity index (χ4n) is 3.95. The molecule has 3 atom stereocenters. The number of rotatable bonds is 13. The third-order valence-corrected chi connectivity index (χ3v) is 8.73. The number of ketones is 1. The second-order valence-electron chi connectivity index (χ2n) is 8.68. The number of thioether (sulfide) groups is 1. The van der Waals surface area contributed by atoms with Crippen molar-refractivity contribution < 1.29 is 18.0 Å². The highest BCUT2D eigenvalue weighted by Crippen LogP contribution is 2.31. The number of carbonyl (C=O) groups is 2. The molecule has 0 aliphatic heterocycles. The second-order valence-corrected chi connectivity index (χ2v) is 12.0. The number of nitrogens with one attached hydrogen (secondary N) is 2. The first kappa shape index (κ1) is 35.0. The van der Waals surface area contributed by atoms with E-state index in [1.807, 2.05) is 73.6 Å². The van der Waals surface area contributed by atoms with Crippen molar-refractivity contribution >= 4 is 67.6 Å². The minimum absolute atomic E-state index is 0. The highest BCUT2D eigenvalue weighted by atomic mass is 32.2. The lowest BCUT2D eigenvalue weighted by Crippen LogP contribution is -2.36. The smallest absolute Gasteiger partial charge is 0.233 e. The van der Waals surface area contributed by atoms with Gasteiger partial charge in [-0.25, -0.2) is 8.42 Å². The van der Waals surface area contributed by atoms with E-state index in [4.69, 9.17) is 0 Å². The van der Waals surface area contributed by atoms with Crippen LogP contribution < -0.4 is 15.5 Å². The average molecular weight is 610 g/mol. The summed E-state index contributed by atoms with van der Waals surface area (Å²) in [7, 11) is 6.65. The number of amides is 1. The molecule has 7 nitrogen and oxygen atoms in total. The SMILES string of the molecule is C.CNCC(=O)CC(Sc1ccccc1)C(=O)NCCCS(=O)(=O)c1cccc2c(N(C)C)cccc12.PP. The molecule has 1 amide bonds. The molecule has 39 heavy (non-hydrogen) atoms. The molecule has 0 aliphatic carbocycles. The number of carbonyl (C=O) groups excluding carboxylic acids is 2. The maximum absolute atomic E-state index is 13.2. The molecule has 3 unspecified atom stereocenters. The van der Waals surface area contributed by atoms with Gasteiger partial charge in [-0.1, -0.05) is 49.9 Å². The van der Waals surface area contributed by atoms with Crippen LogP contribution >= 0.6 is 29.6 Å². The molecule has 0 bridgehead atoms. The normalized spacial score (nSPS) is 11.5. The zero-order chi connectivity index (χ0) is 28.1. The van der Waals surface area contributed by atoms with Crippen LogP contribution in [0.5, 0.6) is 0 Å². The Morgan fingerprint density at radius 1 is 0.949 bits per heavy atom. The van der Waals surface area contributed by atoms with Crippen LogP contribution in [0.15, 0.2) is 76.5 Å². The Morgan fingerprint density at radius 2 is 1.59 bits per heavy atom. The van der Waals surface area contributed by atoms with Gasteiger partial charge < -0.3 is 15.5 Å². The third-order valence-electron chi connectivity index (χ3n) is 5.67. The molecule has 3 rings (SSSR count). The van der Waals surface area contributed by atoms with Gasteiger partial charge in [0.05, 0.1) is 22.4 Å². The first-order chi connectivity index (χ1) is 18.2. The van der Waals surface area contributed by atoms with Gasteiger partial charge >= 0.3 is 0 Å². The molecule has 0 spiro atoms. The maximum Gasteiger partial charge on any atom is 0.233 e. The van der Waals surface area contributed by atoms with Crippen molar-refractivity contribution in [3.8, 4) is 0 Å². The Hall–Kier alpha value is -2.02. The maximum atomic E-state index is 13.2. The Morgan fingerprint density at radius 3 is 2.23 bits per heavy atom. The van der Waals surface area contributed by atoms with Crippen LogP contribution in [0, 0.1) is 0 Å². The van der Waals surface area contributed by atoms with Crippen molar-refractivity contribution in [1.29, 1.82) is 0 Å². The fourth-order valence-corrected chi connectivity index (χ4v) is 6.60. The van der Waals surface area contributed by atoms with E-state index in [-0.39, 0.29) is 50.8 Å². The van der Waals surface area contributed by atoms with Crippen LogP contribution in [0.1, 0.15) is 20.3 Å². The lowest BCUT2D eigenvalue weighted by molar-refractivity contribution is -0.124. The molecule has 0 aromatic heterocycles. The summed E-state index contributed by atoms with van der Waals surface area (Å²) in [5, 5.41) is 6.63. The lowest BCUT2D eigenvalue weighted by Gasteiger charge is -2.17. The predicted molar refractivity (Wildman–Crippen MR) is 174 cm³/mol. The highest BCUT2D eigenvalue weighted by Gasteiger charge is 2.23. The number of sulfone groups is 1. The molecule has 214 valence electrons. The second kappa shape index (κ2) is 17.6. The molecule has 3 aromatic carbocycles. The Labute approximate surface area is 242 Å². The Balaban J connectivity index is 0.00000248. The van der Waals surface area contributed by atoms with Gasteiger partial charge in [0.15, 0.2) is 9.84 Å². The third kappa shape index (κ3) is 10.5. The molecule has 0 saturated carbocycles. The summed E-state index contributed by atoms with van der Waals surface area (Å²) >= 11 is 1.33. The van der Waals surface area contributed by atoms with Crippen LogP contribution in [-0.4, -0.2) is 65.3 Å². The van der Waals surface area contributed by atoms with Crippen LogP contribution in [0.2, 0.25) is 0 Å². The Kier molecular flexibility index (Phi) is 15.8. The number of Topliss-reactive ketones (excluding diaryl/α,β-unsaturated/α-hetero) is 1. The highest BCUT2D eigenvalue weighted by molar-refractivity contribution is 8.00. The van der Waals surface area contributed by atoms with E-state index < -0.39 is 15.1 Å². The van der Waals surface area contributed by atoms with Crippen molar-refractivity contribution in [2.75, 3.05) is 44.9 Å². The molecule has 2 N–H and O–H groups in total. The molecule has 0 fully saturated rings. The van der Waals surface area contributed by atoms with E-state index in [1.165, 1.54) is 11.8 Å². The van der Waals surface area contributed by atoms with Crippen LogP contribution in [0.3, 0.4) is 0 Å².